The van der Waals surface area contributed by atoms with Crippen LogP contribution in [0.2, 0.25) is 0 Å². The van der Waals surface area contributed by atoms with Gasteiger partial charge in [-0.2, -0.15) is 0 Å². The van der Waals surface area contributed by atoms with Crippen LogP contribution < -0.4 is 4.74 Å². The molecule has 246 valence electrons. The molecule has 0 atom stereocenters. The molecule has 6 nitrogen and oxygen atoms in total. The minimum absolute atomic E-state index is 0.394. The van der Waals surface area contributed by atoms with Crippen LogP contribution in [-0.4, -0.2) is 24.5 Å². The van der Waals surface area contributed by atoms with Gasteiger partial charge >= 0.3 is 0 Å². The largest absolute Gasteiger partial charge is 0.482 e. The number of aryl methyl sites for hydroxylation is 4. The summed E-state index contributed by atoms with van der Waals surface area (Å²) >= 11 is 3.53. The molecule has 2 aromatic carbocycles. The van der Waals surface area contributed by atoms with Gasteiger partial charge in [0.2, 0.25) is 0 Å². The maximum Gasteiger partial charge on any atom is 0.160 e. The zero-order chi connectivity index (χ0) is 33.8. The molecule has 0 N–H and O–H groups in total. The third-order valence-electron chi connectivity index (χ3n) is 9.64. The highest BCUT2D eigenvalue weighted by atomic mass is 32.1. The van der Waals surface area contributed by atoms with Crippen molar-refractivity contribution in [3.63, 3.8) is 0 Å². The van der Waals surface area contributed by atoms with E-state index in [4.69, 9.17) is 24.7 Å². The lowest BCUT2D eigenvalue weighted by Gasteiger charge is -2.31. The van der Waals surface area contributed by atoms with Gasteiger partial charge in [-0.25, -0.2) is 28.7 Å². The first-order valence-corrected chi connectivity index (χ1v) is 18.4. The number of nitrogens with zero attached hydrogens (tertiary/aromatic N) is 5. The Kier molecular flexibility index (Phi) is 7.16. The number of rotatable bonds is 6. The van der Waals surface area contributed by atoms with Crippen molar-refractivity contribution < 1.29 is 13.5 Å². The minimum Gasteiger partial charge on any atom is -0.482 e. The van der Waals surface area contributed by atoms with E-state index in [1.54, 1.807) is 22.7 Å². The fourth-order valence-electron chi connectivity index (χ4n) is 7.18. The number of aromatic nitrogens is 5. The summed E-state index contributed by atoms with van der Waals surface area (Å²) in [5, 5.41) is 0.544. The Morgan fingerprint density at radius 1 is 0.771 bits per heavy atom. The summed E-state index contributed by atoms with van der Waals surface area (Å²) in [6, 6.07) is 6.93. The fourth-order valence-corrected chi connectivity index (χ4v) is 9.77. The molecule has 10 heteroatoms. The second-order valence-corrected chi connectivity index (χ2v) is 15.4. The van der Waals surface area contributed by atoms with E-state index in [9.17, 15) is 8.78 Å². The molecule has 8 rings (SSSR count). The lowest BCUT2D eigenvalue weighted by molar-refractivity contribution is 0.107. The molecule has 0 aliphatic carbocycles. The molecule has 0 radical (unpaired) electrons. The van der Waals surface area contributed by atoms with Gasteiger partial charge in [0.15, 0.2) is 17.3 Å². The van der Waals surface area contributed by atoms with Crippen LogP contribution in [0.3, 0.4) is 0 Å². The van der Waals surface area contributed by atoms with Crippen molar-refractivity contribution in [1.29, 1.82) is 0 Å². The van der Waals surface area contributed by atoms with E-state index in [0.29, 0.717) is 46.5 Å². The highest BCUT2D eigenvalue weighted by molar-refractivity contribution is 7.24. The molecular weight excluding hydrogens is 645 g/mol. The number of halogens is 2. The Labute approximate surface area is 285 Å². The van der Waals surface area contributed by atoms with E-state index in [-0.39, 0.29) is 0 Å². The van der Waals surface area contributed by atoms with Crippen molar-refractivity contribution >= 4 is 66.8 Å². The standard InChI is InChI=1S/C38H37F2N5OS2/c1-9-18-30-33(42-24(11-3)23(10-2)41-30)29(28-14-20-35(48-28)36-26(46-38(20,7)8)16-27(47-36)17(5)6)34-31(18)43-32-19-13-21(39)22(40)15-25(19)45(12-4)37(32)44-34/h13-17H,9-12H2,1-8H3. The Morgan fingerprint density at radius 2 is 1.44 bits per heavy atom. The second kappa shape index (κ2) is 11.0. The van der Waals surface area contributed by atoms with Crippen molar-refractivity contribution in [2.75, 3.05) is 0 Å². The monoisotopic (exact) mass is 681 g/mol. The Bertz CT molecular complexity index is 2470. The van der Waals surface area contributed by atoms with Crippen LogP contribution >= 0.6 is 22.7 Å². The second-order valence-electron chi connectivity index (χ2n) is 13.3. The summed E-state index contributed by atoms with van der Waals surface area (Å²) in [5.74, 6) is -0.465. The van der Waals surface area contributed by atoms with Crippen molar-refractivity contribution in [2.24, 2.45) is 0 Å². The fraction of sp³-hybridized carbons (Fsp3) is 0.368. The SMILES string of the molecule is CCc1nc2c(CC)c3nc4c5cc(F)c(F)cc5n(CC)c4nc3c(-c3cc4c(s3)-c3sc(C(C)C)cc3OC4(C)C)c2nc1CC. The van der Waals surface area contributed by atoms with E-state index in [1.807, 2.05) is 11.5 Å². The van der Waals surface area contributed by atoms with Crippen LogP contribution in [0.4, 0.5) is 8.78 Å². The van der Waals surface area contributed by atoms with Crippen LogP contribution in [0.5, 0.6) is 5.75 Å². The lowest BCUT2D eigenvalue weighted by Crippen LogP contribution is -2.27. The first-order chi connectivity index (χ1) is 23.0. The molecule has 1 aliphatic rings. The van der Waals surface area contributed by atoms with Gasteiger partial charge in [0, 0.05) is 44.4 Å². The highest BCUT2D eigenvalue weighted by Gasteiger charge is 2.37. The molecule has 7 aromatic rings. The molecule has 0 bridgehead atoms. The first kappa shape index (κ1) is 31.3. The third-order valence-corrected chi connectivity index (χ3v) is 12.4. The highest BCUT2D eigenvalue weighted by Crippen LogP contribution is 2.56. The van der Waals surface area contributed by atoms with Gasteiger partial charge in [-0.05, 0) is 64.2 Å². The topological polar surface area (TPSA) is 65.7 Å². The summed E-state index contributed by atoms with van der Waals surface area (Å²) in [4.78, 5) is 25.9. The van der Waals surface area contributed by atoms with E-state index in [0.717, 1.165) is 73.0 Å². The van der Waals surface area contributed by atoms with E-state index in [1.165, 1.54) is 21.9 Å². The van der Waals surface area contributed by atoms with E-state index >= 15 is 0 Å². The molecule has 0 saturated carbocycles. The van der Waals surface area contributed by atoms with Crippen LogP contribution in [0.15, 0.2) is 24.3 Å². The average Bonchev–Trinajstić information content (AvgIpc) is 3.76. The third kappa shape index (κ3) is 4.37. The number of thiophene rings is 2. The summed E-state index contributed by atoms with van der Waals surface area (Å²) < 4.78 is 37.8. The van der Waals surface area contributed by atoms with E-state index < -0.39 is 17.2 Å². The van der Waals surface area contributed by atoms with Gasteiger partial charge in [0.1, 0.15) is 27.9 Å². The molecule has 5 aromatic heterocycles. The van der Waals surface area contributed by atoms with Gasteiger partial charge in [-0.1, -0.05) is 34.6 Å². The molecule has 0 fully saturated rings. The Morgan fingerprint density at radius 3 is 2.10 bits per heavy atom. The zero-order valence-corrected chi connectivity index (χ0v) is 30.1. The van der Waals surface area contributed by atoms with Crippen molar-refractivity contribution in [3.8, 4) is 25.9 Å². The molecule has 0 spiro atoms. The predicted molar refractivity (Wildman–Crippen MR) is 194 cm³/mol. The molecule has 48 heavy (non-hydrogen) atoms. The van der Waals surface area contributed by atoms with Crippen LogP contribution in [0, 0.1) is 11.6 Å². The van der Waals surface area contributed by atoms with Gasteiger partial charge in [0.25, 0.3) is 0 Å². The van der Waals surface area contributed by atoms with E-state index in [2.05, 4.69) is 60.6 Å². The zero-order valence-electron chi connectivity index (χ0n) is 28.4. The molecule has 6 heterocycles. The maximum absolute atomic E-state index is 14.7. The number of ether oxygens (including phenoxy) is 1. The Balaban J connectivity index is 1.55. The Hall–Kier alpha value is -4.02. The van der Waals surface area contributed by atoms with Gasteiger partial charge in [0.05, 0.1) is 37.7 Å². The van der Waals surface area contributed by atoms with Crippen molar-refractivity contribution in [1.82, 2.24) is 24.5 Å². The smallest absolute Gasteiger partial charge is 0.160 e. The summed E-state index contributed by atoms with van der Waals surface area (Å²) in [7, 11) is 0. The number of benzene rings is 2. The summed E-state index contributed by atoms with van der Waals surface area (Å²) in [5.41, 5.74) is 9.16. The van der Waals surface area contributed by atoms with Crippen LogP contribution in [-0.2, 0) is 31.4 Å². The summed E-state index contributed by atoms with van der Waals surface area (Å²) in [6.45, 7) is 17.5. The lowest BCUT2D eigenvalue weighted by atomic mass is 9.93. The molecular formula is C38H37F2N5OS2. The van der Waals surface area contributed by atoms with Crippen LogP contribution in [0.1, 0.15) is 88.7 Å². The van der Waals surface area contributed by atoms with Gasteiger partial charge in [-0.15, -0.1) is 22.7 Å². The quantitative estimate of drug-likeness (QED) is 0.163. The first-order valence-electron chi connectivity index (χ1n) is 16.8. The average molecular weight is 682 g/mol. The minimum atomic E-state index is -0.900. The molecule has 0 unspecified atom stereocenters. The van der Waals surface area contributed by atoms with Crippen LogP contribution in [0.25, 0.3) is 64.3 Å². The molecule has 0 amide bonds. The molecule has 1 aliphatic heterocycles. The number of fused-ring (bicyclic) bond motifs is 8. The van der Waals surface area contributed by atoms with Gasteiger partial charge < -0.3 is 9.30 Å². The van der Waals surface area contributed by atoms with Crippen molar-refractivity contribution in [3.05, 3.63) is 63.3 Å². The number of hydrogen-bond acceptors (Lipinski definition) is 7. The number of hydrogen-bond donors (Lipinski definition) is 0. The predicted octanol–water partition coefficient (Wildman–Crippen LogP) is 10.9. The normalized spacial score (nSPS) is 14.1. The van der Waals surface area contributed by atoms with Crippen molar-refractivity contribution in [2.45, 2.75) is 92.7 Å². The molecule has 0 saturated heterocycles. The maximum atomic E-state index is 14.7. The van der Waals surface area contributed by atoms with Gasteiger partial charge in [-0.3, -0.25) is 0 Å². The summed E-state index contributed by atoms with van der Waals surface area (Å²) in [6.07, 6.45) is 2.18.